The van der Waals surface area contributed by atoms with E-state index in [1.54, 1.807) is 6.92 Å². The summed E-state index contributed by atoms with van der Waals surface area (Å²) in [6, 6.07) is -0.952. The van der Waals surface area contributed by atoms with E-state index in [1.165, 1.54) is 23.6 Å². The number of carbonyl (C=O) groups is 4. The molecule has 0 bridgehead atoms. The minimum Gasteiger partial charge on any atom is -0.480 e. The van der Waals surface area contributed by atoms with E-state index in [9.17, 15) is 24.3 Å². The molecule has 2 heterocycles. The Morgan fingerprint density at radius 1 is 1.50 bits per heavy atom. The highest BCUT2D eigenvalue weighted by atomic mass is 32.2. The Hall–Kier alpha value is -1.02. The summed E-state index contributed by atoms with van der Waals surface area (Å²) >= 11 is 2.52. The summed E-state index contributed by atoms with van der Waals surface area (Å²) in [5.74, 6) is -0.763. The first kappa shape index (κ1) is 17.3. The van der Waals surface area contributed by atoms with E-state index in [0.717, 1.165) is 11.8 Å². The highest BCUT2D eigenvalue weighted by molar-refractivity contribution is 8.13. The van der Waals surface area contributed by atoms with E-state index in [-0.39, 0.29) is 29.8 Å². The summed E-state index contributed by atoms with van der Waals surface area (Å²) in [6.07, 6.45) is 0.624. The average Bonchev–Trinajstić information content (AvgIpc) is 3.01. The van der Waals surface area contributed by atoms with Crippen molar-refractivity contribution in [3.63, 3.8) is 0 Å². The number of carbonyl (C=O) groups excluding carboxylic acids is 3. The highest BCUT2D eigenvalue weighted by Crippen LogP contribution is 2.45. The van der Waals surface area contributed by atoms with Crippen LogP contribution in [0.5, 0.6) is 0 Å². The van der Waals surface area contributed by atoms with Gasteiger partial charge in [0.2, 0.25) is 5.91 Å². The topological polar surface area (TPSA) is 91.8 Å². The summed E-state index contributed by atoms with van der Waals surface area (Å²) in [6.45, 7) is 3.29. The van der Waals surface area contributed by atoms with Gasteiger partial charge < -0.3 is 10.0 Å². The van der Waals surface area contributed by atoms with Crippen molar-refractivity contribution in [1.82, 2.24) is 4.90 Å². The van der Waals surface area contributed by atoms with Gasteiger partial charge in [-0.15, -0.1) is 11.8 Å². The van der Waals surface area contributed by atoms with Crippen LogP contribution in [0.4, 0.5) is 0 Å². The normalized spacial score (nSPS) is 29.1. The lowest BCUT2D eigenvalue weighted by atomic mass is 9.98. The fourth-order valence-corrected chi connectivity index (χ4v) is 4.95. The zero-order valence-electron chi connectivity index (χ0n) is 12.5. The number of ketones is 1. The SMILES string of the molecule is CC(=O)SCC(C)C(=O)N1CC2(CC1C(=O)O)SCCC2=O. The lowest BCUT2D eigenvalue weighted by Crippen LogP contribution is -2.44. The molecule has 0 aromatic carbocycles. The van der Waals surface area contributed by atoms with Gasteiger partial charge in [-0.1, -0.05) is 18.7 Å². The Morgan fingerprint density at radius 3 is 2.68 bits per heavy atom. The van der Waals surface area contributed by atoms with Crippen LogP contribution < -0.4 is 0 Å². The van der Waals surface area contributed by atoms with E-state index >= 15 is 0 Å². The Morgan fingerprint density at radius 2 is 2.18 bits per heavy atom. The van der Waals surface area contributed by atoms with Crippen molar-refractivity contribution in [2.24, 2.45) is 5.92 Å². The number of nitrogens with zero attached hydrogens (tertiary/aromatic N) is 1. The number of carboxylic acid groups (broad SMARTS) is 1. The lowest BCUT2D eigenvalue weighted by molar-refractivity contribution is -0.149. The van der Waals surface area contributed by atoms with Gasteiger partial charge in [0.05, 0.1) is 4.75 Å². The molecule has 1 amide bonds. The first-order valence-electron chi connectivity index (χ1n) is 7.11. The molecule has 2 aliphatic rings. The Kier molecular flexibility index (Phi) is 5.21. The molecule has 2 saturated heterocycles. The lowest BCUT2D eigenvalue weighted by Gasteiger charge is -2.25. The molecule has 2 aliphatic heterocycles. The van der Waals surface area contributed by atoms with Crippen LogP contribution in [0.3, 0.4) is 0 Å². The number of Topliss-reactive ketones (excluding diaryl/α,β-unsaturated/α-hetero) is 1. The molecule has 1 spiro atoms. The van der Waals surface area contributed by atoms with Crippen LogP contribution in [0, 0.1) is 5.92 Å². The van der Waals surface area contributed by atoms with Gasteiger partial charge in [-0.25, -0.2) is 4.79 Å². The largest absolute Gasteiger partial charge is 0.480 e. The molecule has 0 aliphatic carbocycles. The molecule has 3 atom stereocenters. The van der Waals surface area contributed by atoms with Gasteiger partial charge in [0.25, 0.3) is 0 Å². The van der Waals surface area contributed by atoms with E-state index in [1.807, 2.05) is 0 Å². The maximum absolute atomic E-state index is 12.5. The smallest absolute Gasteiger partial charge is 0.326 e. The van der Waals surface area contributed by atoms with E-state index in [2.05, 4.69) is 0 Å². The second-order valence-electron chi connectivity index (χ2n) is 5.74. The number of hydrogen-bond acceptors (Lipinski definition) is 6. The van der Waals surface area contributed by atoms with Gasteiger partial charge in [-0.3, -0.25) is 14.4 Å². The van der Waals surface area contributed by atoms with Crippen LogP contribution >= 0.6 is 23.5 Å². The van der Waals surface area contributed by atoms with Crippen LogP contribution in [0.2, 0.25) is 0 Å². The molecule has 6 nitrogen and oxygen atoms in total. The zero-order valence-corrected chi connectivity index (χ0v) is 14.2. The second-order valence-corrected chi connectivity index (χ2v) is 8.42. The van der Waals surface area contributed by atoms with Gasteiger partial charge in [0.1, 0.15) is 6.04 Å². The minimum atomic E-state index is -1.07. The molecular formula is C14H19NO5S2. The van der Waals surface area contributed by atoms with E-state index in [0.29, 0.717) is 17.9 Å². The fraction of sp³-hybridized carbons (Fsp3) is 0.714. The summed E-state index contributed by atoms with van der Waals surface area (Å²) in [5, 5.41) is 9.31. The standard InChI is InChI=1S/C14H19NO5S2/c1-8(6-21-9(2)16)12(18)15-7-14(5-10(15)13(19)20)11(17)3-4-22-14/h8,10H,3-7H2,1-2H3,(H,19,20). The maximum Gasteiger partial charge on any atom is 0.326 e. The van der Waals surface area contributed by atoms with Gasteiger partial charge in [0.15, 0.2) is 10.9 Å². The Bertz CT molecular complexity index is 523. The molecule has 0 aromatic heterocycles. The first-order valence-corrected chi connectivity index (χ1v) is 9.08. The predicted molar refractivity (Wildman–Crippen MR) is 84.9 cm³/mol. The first-order chi connectivity index (χ1) is 10.3. The molecule has 3 unspecified atom stereocenters. The summed E-state index contributed by atoms with van der Waals surface area (Å²) in [7, 11) is 0. The van der Waals surface area contributed by atoms with Crippen LogP contribution in [0.15, 0.2) is 0 Å². The van der Waals surface area contributed by atoms with E-state index in [4.69, 9.17) is 0 Å². The summed E-state index contributed by atoms with van der Waals surface area (Å²) in [4.78, 5) is 48.5. The fourth-order valence-electron chi connectivity index (χ4n) is 2.88. The third-order valence-electron chi connectivity index (χ3n) is 4.07. The molecule has 2 fully saturated rings. The van der Waals surface area contributed by atoms with Crippen molar-refractivity contribution in [3.8, 4) is 0 Å². The van der Waals surface area contributed by atoms with E-state index < -0.39 is 22.7 Å². The Balaban J connectivity index is 2.13. The summed E-state index contributed by atoms with van der Waals surface area (Å²) < 4.78 is -0.744. The minimum absolute atomic E-state index is 0.0461. The third-order valence-corrected chi connectivity index (χ3v) is 6.62. The number of aliphatic carboxylic acids is 1. The molecule has 0 radical (unpaired) electrons. The molecule has 122 valence electrons. The third kappa shape index (κ3) is 3.32. The molecule has 0 aromatic rings. The number of likely N-dealkylation sites (tertiary alicyclic amines) is 1. The quantitative estimate of drug-likeness (QED) is 0.813. The van der Waals surface area contributed by atoms with Gasteiger partial charge in [-0.2, -0.15) is 0 Å². The molecule has 0 saturated carbocycles. The van der Waals surface area contributed by atoms with Crippen LogP contribution in [0.1, 0.15) is 26.7 Å². The number of rotatable bonds is 4. The maximum atomic E-state index is 12.5. The summed E-state index contributed by atoms with van der Waals surface area (Å²) in [5.41, 5.74) is 0. The van der Waals surface area contributed by atoms with Gasteiger partial charge in [0, 0.05) is 43.7 Å². The number of hydrogen-bond donors (Lipinski definition) is 1. The van der Waals surface area contributed by atoms with Gasteiger partial charge in [-0.05, 0) is 0 Å². The molecule has 2 rings (SSSR count). The van der Waals surface area contributed by atoms with Crippen molar-refractivity contribution in [2.75, 3.05) is 18.1 Å². The second kappa shape index (κ2) is 6.62. The monoisotopic (exact) mass is 345 g/mol. The van der Waals surface area contributed by atoms with Crippen molar-refractivity contribution < 1.29 is 24.3 Å². The average molecular weight is 345 g/mol. The molecule has 1 N–H and O–H groups in total. The van der Waals surface area contributed by atoms with Crippen molar-refractivity contribution in [2.45, 2.75) is 37.5 Å². The van der Waals surface area contributed by atoms with Gasteiger partial charge >= 0.3 is 5.97 Å². The van der Waals surface area contributed by atoms with Crippen molar-refractivity contribution in [3.05, 3.63) is 0 Å². The molecular weight excluding hydrogens is 326 g/mol. The number of thioether (sulfide) groups is 2. The van der Waals surface area contributed by atoms with Crippen LogP contribution in [-0.2, 0) is 19.2 Å². The predicted octanol–water partition coefficient (Wildman–Crippen LogP) is 1.03. The highest BCUT2D eigenvalue weighted by Gasteiger charge is 2.55. The molecule has 22 heavy (non-hydrogen) atoms. The Labute approximate surface area is 137 Å². The van der Waals surface area contributed by atoms with Crippen LogP contribution in [0.25, 0.3) is 0 Å². The van der Waals surface area contributed by atoms with Crippen LogP contribution in [-0.4, -0.2) is 61.6 Å². The van der Waals surface area contributed by atoms with Crippen molar-refractivity contribution >= 4 is 46.3 Å². The van der Waals surface area contributed by atoms with Crippen molar-refractivity contribution in [1.29, 1.82) is 0 Å². The molecule has 8 heteroatoms. The number of carboxylic acids is 1. The zero-order chi connectivity index (χ0) is 16.5. The number of amides is 1.